The third kappa shape index (κ3) is 2.74. The highest BCUT2D eigenvalue weighted by molar-refractivity contribution is 6.01. The minimum absolute atomic E-state index is 0.0525. The number of fused-ring (bicyclic) bond motifs is 5. The summed E-state index contributed by atoms with van der Waals surface area (Å²) in [5, 5.41) is 0. The summed E-state index contributed by atoms with van der Waals surface area (Å²) in [5.41, 5.74) is 0.363. The fraction of sp³-hybridized carbons (Fsp3) is 0.607. The Morgan fingerprint density at radius 2 is 1.85 bits per heavy atom. The molecule has 0 bridgehead atoms. The molecule has 0 spiro atoms. The van der Waals surface area contributed by atoms with Gasteiger partial charge in [-0.2, -0.15) is 0 Å². The number of rotatable bonds is 2. The summed E-state index contributed by atoms with van der Waals surface area (Å²) in [6.45, 7) is 12.1. The summed E-state index contributed by atoms with van der Waals surface area (Å²) < 4.78 is 11.4. The predicted molar refractivity (Wildman–Crippen MR) is 123 cm³/mol. The second kappa shape index (κ2) is 6.80. The lowest BCUT2D eigenvalue weighted by atomic mass is 9.38. The van der Waals surface area contributed by atoms with Crippen LogP contribution in [0.1, 0.15) is 72.3 Å². The van der Waals surface area contributed by atoms with Crippen LogP contribution >= 0.6 is 0 Å². The van der Waals surface area contributed by atoms with Crippen LogP contribution in [-0.2, 0) is 19.1 Å². The summed E-state index contributed by atoms with van der Waals surface area (Å²) in [4.78, 5) is 38.6. The Balaban J connectivity index is 1.68. The highest BCUT2D eigenvalue weighted by Gasteiger charge is 2.69. The largest absolute Gasteiger partial charge is 0.472 e. The van der Waals surface area contributed by atoms with E-state index in [1.54, 1.807) is 18.6 Å². The highest BCUT2D eigenvalue weighted by atomic mass is 16.5. The van der Waals surface area contributed by atoms with Gasteiger partial charge in [0.25, 0.3) is 0 Å². The maximum atomic E-state index is 13.4. The molecular weight excluding hydrogens is 416 g/mol. The number of ether oxygens (including phenoxy) is 1. The first-order valence-electron chi connectivity index (χ1n) is 12.1. The van der Waals surface area contributed by atoms with Crippen LogP contribution in [0.25, 0.3) is 0 Å². The van der Waals surface area contributed by atoms with Crippen LogP contribution in [0.4, 0.5) is 0 Å². The van der Waals surface area contributed by atoms with Crippen molar-refractivity contribution < 1.29 is 23.5 Å². The van der Waals surface area contributed by atoms with Gasteiger partial charge in [0.2, 0.25) is 0 Å². The van der Waals surface area contributed by atoms with Gasteiger partial charge in [-0.1, -0.05) is 40.7 Å². The average molecular weight is 451 g/mol. The molecule has 0 unspecified atom stereocenters. The Labute approximate surface area is 195 Å². The van der Waals surface area contributed by atoms with Crippen molar-refractivity contribution in [2.75, 3.05) is 0 Å². The molecule has 0 N–H and O–H groups in total. The van der Waals surface area contributed by atoms with Gasteiger partial charge in [0, 0.05) is 28.7 Å². The molecule has 4 aliphatic carbocycles. The van der Waals surface area contributed by atoms with Gasteiger partial charge in [0.05, 0.1) is 18.4 Å². The molecule has 1 aromatic rings. The van der Waals surface area contributed by atoms with Crippen LogP contribution in [0.5, 0.6) is 0 Å². The van der Waals surface area contributed by atoms with Crippen molar-refractivity contribution in [2.24, 2.45) is 33.5 Å². The van der Waals surface area contributed by atoms with Gasteiger partial charge >= 0.3 is 5.97 Å². The van der Waals surface area contributed by atoms with Crippen molar-refractivity contribution in [3.63, 3.8) is 0 Å². The Morgan fingerprint density at radius 3 is 2.48 bits per heavy atom. The van der Waals surface area contributed by atoms with Gasteiger partial charge in [-0.3, -0.25) is 14.4 Å². The first-order chi connectivity index (χ1) is 15.4. The van der Waals surface area contributed by atoms with Crippen LogP contribution < -0.4 is 0 Å². The maximum absolute atomic E-state index is 13.4. The quantitative estimate of drug-likeness (QED) is 0.563. The zero-order chi connectivity index (χ0) is 24.0. The number of esters is 1. The van der Waals surface area contributed by atoms with E-state index < -0.39 is 16.9 Å². The summed E-state index contributed by atoms with van der Waals surface area (Å²) in [5.74, 6) is -0.177. The van der Waals surface area contributed by atoms with Gasteiger partial charge in [-0.25, -0.2) is 0 Å². The molecule has 7 atom stereocenters. The van der Waals surface area contributed by atoms with Crippen molar-refractivity contribution in [3.05, 3.63) is 48.0 Å². The molecule has 1 heterocycles. The summed E-state index contributed by atoms with van der Waals surface area (Å²) in [7, 11) is 0. The molecule has 0 amide bonds. The van der Waals surface area contributed by atoms with Gasteiger partial charge < -0.3 is 9.15 Å². The van der Waals surface area contributed by atoms with Crippen LogP contribution in [0.2, 0.25) is 0 Å². The van der Waals surface area contributed by atoms with Crippen molar-refractivity contribution in [1.82, 2.24) is 0 Å². The van der Waals surface area contributed by atoms with E-state index in [0.29, 0.717) is 6.42 Å². The van der Waals surface area contributed by atoms with Gasteiger partial charge in [0.1, 0.15) is 6.10 Å². The Morgan fingerprint density at radius 1 is 1.12 bits per heavy atom. The maximum Gasteiger partial charge on any atom is 0.302 e. The molecule has 0 saturated heterocycles. The fourth-order valence-corrected chi connectivity index (χ4v) is 8.44. The first-order valence-corrected chi connectivity index (χ1v) is 12.1. The van der Waals surface area contributed by atoms with Gasteiger partial charge in [-0.05, 0) is 60.3 Å². The van der Waals surface area contributed by atoms with Crippen LogP contribution in [-0.4, -0.2) is 23.6 Å². The molecule has 2 fully saturated rings. The fourth-order valence-electron chi connectivity index (χ4n) is 8.44. The number of hydrogen-bond donors (Lipinski definition) is 0. The SMILES string of the molecule is CC(=O)O[C@H]1C[C@@H]2C(C)(C)C(=O)C=C[C@]2(C)[C@H]2CC[C@]3(C)C(=CC(=O)[C@@H]3c3ccoc3)[C@]12C. The Hall–Kier alpha value is -2.43. The van der Waals surface area contributed by atoms with E-state index in [-0.39, 0.29) is 46.1 Å². The molecule has 0 aromatic carbocycles. The van der Waals surface area contributed by atoms with E-state index in [1.165, 1.54) is 6.92 Å². The second-order valence-corrected chi connectivity index (χ2v) is 11.9. The first kappa shape index (κ1) is 22.4. The minimum atomic E-state index is -0.539. The molecule has 5 heteroatoms. The zero-order valence-electron chi connectivity index (χ0n) is 20.4. The minimum Gasteiger partial charge on any atom is -0.472 e. The topological polar surface area (TPSA) is 73.6 Å². The van der Waals surface area contributed by atoms with Crippen LogP contribution in [0.15, 0.2) is 46.8 Å². The van der Waals surface area contributed by atoms with Crippen molar-refractivity contribution in [3.8, 4) is 0 Å². The van der Waals surface area contributed by atoms with Crippen molar-refractivity contribution >= 4 is 17.5 Å². The van der Waals surface area contributed by atoms with Crippen molar-refractivity contribution in [1.29, 1.82) is 0 Å². The summed E-state index contributed by atoms with van der Waals surface area (Å²) >= 11 is 0. The molecule has 176 valence electrons. The lowest BCUT2D eigenvalue weighted by Gasteiger charge is -2.66. The highest BCUT2D eigenvalue weighted by Crippen LogP contribution is 2.72. The van der Waals surface area contributed by atoms with E-state index in [1.807, 2.05) is 26.0 Å². The molecule has 0 radical (unpaired) electrons. The molecule has 2 saturated carbocycles. The number of carbonyl (C=O) groups excluding carboxylic acids is 3. The third-order valence-electron chi connectivity index (χ3n) is 9.99. The molecule has 5 nitrogen and oxygen atoms in total. The number of hydrogen-bond acceptors (Lipinski definition) is 5. The van der Waals surface area contributed by atoms with Crippen LogP contribution in [0, 0.1) is 33.5 Å². The number of furan rings is 1. The lowest BCUT2D eigenvalue weighted by molar-refractivity contribution is -0.187. The van der Waals surface area contributed by atoms with E-state index in [4.69, 9.17) is 9.15 Å². The normalized spacial score (nSPS) is 43.4. The third-order valence-corrected chi connectivity index (χ3v) is 9.99. The van der Waals surface area contributed by atoms with E-state index >= 15 is 0 Å². The van der Waals surface area contributed by atoms with Gasteiger partial charge in [-0.15, -0.1) is 0 Å². The van der Waals surface area contributed by atoms with Crippen molar-refractivity contribution in [2.45, 2.75) is 72.8 Å². The predicted octanol–water partition coefficient (Wildman–Crippen LogP) is 5.42. The Kier molecular flexibility index (Phi) is 4.61. The average Bonchev–Trinajstić information content (AvgIpc) is 3.32. The van der Waals surface area contributed by atoms with E-state index in [9.17, 15) is 14.4 Å². The molecule has 0 aliphatic heterocycles. The standard InChI is InChI=1S/C28H34O5/c1-16(29)33-23-14-20-25(2,3)22(31)8-11-26(20,4)19-7-10-27(5)21(28(19,23)6)13-18(30)24(27)17-9-12-32-15-17/h8-9,11-13,15,19-20,23-24H,7,10,14H2,1-6H3/t19-,20-,23+,24+,26-,27-,28-/m1/s1. The second-order valence-electron chi connectivity index (χ2n) is 11.9. The molecule has 33 heavy (non-hydrogen) atoms. The van der Waals surface area contributed by atoms with Gasteiger partial charge in [0.15, 0.2) is 11.6 Å². The number of carbonyl (C=O) groups is 3. The monoisotopic (exact) mass is 450 g/mol. The number of allylic oxidation sites excluding steroid dienone is 3. The van der Waals surface area contributed by atoms with E-state index in [2.05, 4.69) is 26.8 Å². The summed E-state index contributed by atoms with van der Waals surface area (Å²) in [6, 6.07) is 1.89. The Bertz CT molecular complexity index is 1090. The lowest BCUT2D eigenvalue weighted by Crippen LogP contribution is -2.64. The molecule has 1 aromatic heterocycles. The van der Waals surface area contributed by atoms with Crippen LogP contribution in [0.3, 0.4) is 0 Å². The van der Waals surface area contributed by atoms with E-state index in [0.717, 1.165) is 24.0 Å². The molecule has 4 aliphatic rings. The summed E-state index contributed by atoms with van der Waals surface area (Å²) in [6.07, 6.45) is 11.0. The molecule has 5 rings (SSSR count). The smallest absolute Gasteiger partial charge is 0.302 e. The molecular formula is C28H34O5. The number of ketones is 2. The zero-order valence-corrected chi connectivity index (χ0v) is 20.4.